The average Bonchev–Trinajstić information content (AvgIpc) is 2.96. The molecule has 122 valence electrons. The normalized spacial score (nSPS) is 15.7. The number of nitrogens with one attached hydrogen (secondary N) is 1. The summed E-state index contributed by atoms with van der Waals surface area (Å²) in [4.78, 5) is 28.5. The van der Waals surface area contributed by atoms with E-state index in [9.17, 15) is 9.59 Å². The molecule has 2 aromatic rings. The second-order valence-corrected chi connectivity index (χ2v) is 5.46. The van der Waals surface area contributed by atoms with Gasteiger partial charge in [-0.25, -0.2) is 4.79 Å². The number of hydrogen-bond acceptors (Lipinski definition) is 5. The molecule has 1 aliphatic rings. The monoisotopic (exact) mass is 319 g/mol. The molecule has 1 aliphatic heterocycles. The van der Waals surface area contributed by atoms with Crippen LogP contribution in [0.4, 0.5) is 0 Å². The Hall–Kier alpha value is -2.61. The third-order valence-corrected chi connectivity index (χ3v) is 3.97. The van der Waals surface area contributed by atoms with Crippen LogP contribution in [-0.4, -0.2) is 61.3 Å². The zero-order valence-electron chi connectivity index (χ0n) is 13.1. The van der Waals surface area contributed by atoms with E-state index in [1.165, 1.54) is 4.68 Å². The number of methoxy groups -OCH3 is 1. The minimum atomic E-state index is -0.676. The lowest BCUT2D eigenvalue weighted by Gasteiger charge is -2.31. The molecule has 1 aromatic heterocycles. The Bertz CT molecular complexity index is 742. The number of carbonyl (C=O) groups is 1. The highest BCUT2D eigenvalue weighted by Gasteiger charge is 2.35. The second-order valence-electron chi connectivity index (χ2n) is 5.46. The van der Waals surface area contributed by atoms with Crippen LogP contribution in [0.1, 0.15) is 10.5 Å². The van der Waals surface area contributed by atoms with Gasteiger partial charge in [0.1, 0.15) is 5.75 Å². The van der Waals surface area contributed by atoms with Crippen molar-refractivity contribution in [2.24, 2.45) is 0 Å². The SMILES string of the molecule is COc1ccc(-[n+]2[nH]oc(=O)c2C(=O)N2CCN(C)CC2)cc1. The number of rotatable bonds is 3. The van der Waals surface area contributed by atoms with Gasteiger partial charge in [-0.1, -0.05) is 0 Å². The zero-order chi connectivity index (χ0) is 16.4. The number of likely N-dealkylation sites (N-methyl/N-ethyl adjacent to an activating group) is 1. The first kappa shape index (κ1) is 15.3. The van der Waals surface area contributed by atoms with Crippen LogP contribution >= 0.6 is 0 Å². The summed E-state index contributed by atoms with van der Waals surface area (Å²) in [5.41, 5.74) is -0.0846. The standard InChI is InChI=1S/C15H18N4O4/c1-17-7-9-18(10-8-17)14(20)13-15(21)23-16-19(13)11-3-5-12(22-2)6-4-11/h3-6H,7-10H2,1-2H3/p+1. The maximum atomic E-state index is 12.7. The first-order chi connectivity index (χ1) is 11.1. The summed E-state index contributed by atoms with van der Waals surface area (Å²) in [6.07, 6.45) is 0. The summed E-state index contributed by atoms with van der Waals surface area (Å²) in [5, 5.41) is 2.49. The Morgan fingerprint density at radius 3 is 2.48 bits per heavy atom. The molecular weight excluding hydrogens is 300 g/mol. The number of H-pyrrole nitrogens is 1. The number of aromatic amines is 1. The predicted octanol–water partition coefficient (Wildman–Crippen LogP) is -0.359. The molecule has 23 heavy (non-hydrogen) atoms. The van der Waals surface area contributed by atoms with Crippen LogP contribution in [0, 0.1) is 0 Å². The Labute approximate surface area is 132 Å². The molecular formula is C15H19N4O4+. The lowest BCUT2D eigenvalue weighted by atomic mass is 10.2. The molecule has 0 unspecified atom stereocenters. The second kappa shape index (κ2) is 6.25. The molecule has 1 fully saturated rings. The quantitative estimate of drug-likeness (QED) is 0.781. The summed E-state index contributed by atoms with van der Waals surface area (Å²) in [6.45, 7) is 2.74. The summed E-state index contributed by atoms with van der Waals surface area (Å²) >= 11 is 0. The average molecular weight is 319 g/mol. The van der Waals surface area contributed by atoms with E-state index < -0.39 is 5.63 Å². The smallest absolute Gasteiger partial charge is 0.441 e. The Kier molecular flexibility index (Phi) is 4.16. The van der Waals surface area contributed by atoms with E-state index in [2.05, 4.69) is 10.2 Å². The molecule has 0 bridgehead atoms. The number of amides is 1. The summed E-state index contributed by atoms with van der Waals surface area (Å²) in [7, 11) is 3.58. The molecule has 2 heterocycles. The van der Waals surface area contributed by atoms with Crippen molar-refractivity contribution >= 4 is 5.91 Å². The van der Waals surface area contributed by atoms with Crippen LogP contribution in [0.5, 0.6) is 5.75 Å². The van der Waals surface area contributed by atoms with Crippen LogP contribution < -0.4 is 15.0 Å². The maximum absolute atomic E-state index is 12.7. The minimum absolute atomic E-state index is 0.0280. The number of carbonyl (C=O) groups excluding carboxylic acids is 1. The van der Waals surface area contributed by atoms with E-state index in [0.29, 0.717) is 24.5 Å². The fourth-order valence-corrected chi connectivity index (χ4v) is 2.53. The van der Waals surface area contributed by atoms with Gasteiger partial charge in [-0.05, 0) is 29.1 Å². The first-order valence-corrected chi connectivity index (χ1v) is 7.36. The third kappa shape index (κ3) is 2.98. The van der Waals surface area contributed by atoms with Crippen molar-refractivity contribution in [1.29, 1.82) is 0 Å². The van der Waals surface area contributed by atoms with Gasteiger partial charge < -0.3 is 14.5 Å². The molecule has 0 spiro atoms. The zero-order valence-corrected chi connectivity index (χ0v) is 13.1. The van der Waals surface area contributed by atoms with E-state index in [-0.39, 0.29) is 11.6 Å². The minimum Gasteiger partial charge on any atom is -0.497 e. The highest BCUT2D eigenvalue weighted by Crippen LogP contribution is 2.11. The first-order valence-electron chi connectivity index (χ1n) is 7.36. The summed E-state index contributed by atoms with van der Waals surface area (Å²) < 4.78 is 11.3. The molecule has 8 nitrogen and oxygen atoms in total. The topological polar surface area (TPSA) is 82.7 Å². The third-order valence-electron chi connectivity index (χ3n) is 3.97. The number of ether oxygens (including phenoxy) is 1. The molecule has 1 N–H and O–H groups in total. The van der Waals surface area contributed by atoms with Crippen molar-refractivity contribution in [3.63, 3.8) is 0 Å². The van der Waals surface area contributed by atoms with E-state index >= 15 is 0 Å². The van der Waals surface area contributed by atoms with Gasteiger partial charge >= 0.3 is 17.2 Å². The van der Waals surface area contributed by atoms with Crippen molar-refractivity contribution in [3.8, 4) is 11.4 Å². The van der Waals surface area contributed by atoms with Crippen LogP contribution in [0.15, 0.2) is 33.6 Å². The van der Waals surface area contributed by atoms with Gasteiger partial charge in [0.05, 0.1) is 7.11 Å². The molecule has 0 aliphatic carbocycles. The van der Waals surface area contributed by atoms with Crippen molar-refractivity contribution in [2.45, 2.75) is 0 Å². The van der Waals surface area contributed by atoms with Gasteiger partial charge in [0, 0.05) is 38.3 Å². The van der Waals surface area contributed by atoms with Crippen LogP contribution in [-0.2, 0) is 0 Å². The number of nitrogens with zero attached hydrogens (tertiary/aromatic N) is 3. The largest absolute Gasteiger partial charge is 0.497 e. The van der Waals surface area contributed by atoms with Crippen molar-refractivity contribution < 1.29 is 18.7 Å². The number of benzene rings is 1. The van der Waals surface area contributed by atoms with Crippen molar-refractivity contribution in [3.05, 3.63) is 40.4 Å². The summed E-state index contributed by atoms with van der Waals surface area (Å²) in [6, 6.07) is 6.98. The van der Waals surface area contributed by atoms with Crippen LogP contribution in [0.25, 0.3) is 5.69 Å². The van der Waals surface area contributed by atoms with Crippen LogP contribution in [0.2, 0.25) is 0 Å². The number of piperazine rings is 1. The number of aromatic nitrogens is 2. The Balaban J connectivity index is 1.92. The maximum Gasteiger partial charge on any atom is 0.441 e. The van der Waals surface area contributed by atoms with Gasteiger partial charge in [-0.2, -0.15) is 0 Å². The van der Waals surface area contributed by atoms with E-state index in [1.54, 1.807) is 36.3 Å². The van der Waals surface area contributed by atoms with Gasteiger partial charge in [-0.15, -0.1) is 0 Å². The fraction of sp³-hybridized carbons (Fsp3) is 0.400. The van der Waals surface area contributed by atoms with Crippen molar-refractivity contribution in [1.82, 2.24) is 15.1 Å². The fourth-order valence-electron chi connectivity index (χ4n) is 2.53. The highest BCUT2D eigenvalue weighted by atomic mass is 16.5. The lowest BCUT2D eigenvalue weighted by Crippen LogP contribution is -2.52. The number of hydrogen-bond donors (Lipinski definition) is 1. The van der Waals surface area contributed by atoms with Gasteiger partial charge in [0.25, 0.3) is 0 Å². The van der Waals surface area contributed by atoms with Gasteiger partial charge in [0.2, 0.25) is 5.69 Å². The van der Waals surface area contributed by atoms with E-state index in [1.807, 2.05) is 7.05 Å². The van der Waals surface area contributed by atoms with Crippen molar-refractivity contribution in [2.75, 3.05) is 40.3 Å². The Morgan fingerprint density at radius 1 is 1.22 bits per heavy atom. The van der Waals surface area contributed by atoms with Gasteiger partial charge in [-0.3, -0.25) is 9.32 Å². The summed E-state index contributed by atoms with van der Waals surface area (Å²) in [5.74, 6) is 0.357. The molecule has 3 rings (SSSR count). The Morgan fingerprint density at radius 2 is 1.87 bits per heavy atom. The molecule has 0 saturated carbocycles. The molecule has 1 aromatic carbocycles. The lowest BCUT2D eigenvalue weighted by molar-refractivity contribution is -0.672. The molecule has 8 heteroatoms. The molecule has 1 amide bonds. The molecule has 1 saturated heterocycles. The van der Waals surface area contributed by atoms with Gasteiger partial charge in [0.15, 0.2) is 0 Å². The van der Waals surface area contributed by atoms with E-state index in [4.69, 9.17) is 9.26 Å². The van der Waals surface area contributed by atoms with E-state index in [0.717, 1.165) is 13.1 Å². The predicted molar refractivity (Wildman–Crippen MR) is 80.8 cm³/mol. The highest BCUT2D eigenvalue weighted by molar-refractivity contribution is 5.90. The molecule has 0 radical (unpaired) electrons. The molecule has 0 atom stereocenters. The van der Waals surface area contributed by atoms with Crippen LogP contribution in [0.3, 0.4) is 0 Å².